The number of methoxy groups -OCH3 is 1. The Hall–Kier alpha value is -3.35. The maximum Gasteiger partial charge on any atom is 0.414 e. The quantitative estimate of drug-likeness (QED) is 0.874. The van der Waals surface area contributed by atoms with Crippen LogP contribution in [0.25, 0.3) is 11.1 Å². The van der Waals surface area contributed by atoms with Gasteiger partial charge in [-0.3, -0.25) is 14.5 Å². The number of carbonyl (C=O) groups excluding carboxylic acids is 2. The third-order valence-electron chi connectivity index (χ3n) is 4.30. The molecule has 0 bridgehead atoms. The Labute approximate surface area is 156 Å². The molecule has 1 aliphatic heterocycles. The van der Waals surface area contributed by atoms with Crippen LogP contribution >= 0.6 is 0 Å². The fourth-order valence-corrected chi connectivity index (χ4v) is 2.93. The van der Waals surface area contributed by atoms with Gasteiger partial charge in [0, 0.05) is 19.2 Å². The van der Waals surface area contributed by atoms with Gasteiger partial charge in [-0.15, -0.1) is 0 Å². The fourth-order valence-electron chi connectivity index (χ4n) is 2.93. The summed E-state index contributed by atoms with van der Waals surface area (Å²) in [5, 5.41) is 2.71. The van der Waals surface area contributed by atoms with Gasteiger partial charge in [-0.2, -0.15) is 0 Å². The summed E-state index contributed by atoms with van der Waals surface area (Å²) in [5.41, 5.74) is 2.03. The molecule has 3 rings (SSSR count). The van der Waals surface area contributed by atoms with E-state index in [1.807, 2.05) is 18.2 Å². The molecule has 2 aromatic rings. The smallest absolute Gasteiger partial charge is 0.414 e. The summed E-state index contributed by atoms with van der Waals surface area (Å²) in [7, 11) is 1.46. The summed E-state index contributed by atoms with van der Waals surface area (Å²) in [4.78, 5) is 36.8. The van der Waals surface area contributed by atoms with E-state index in [9.17, 15) is 14.4 Å². The summed E-state index contributed by atoms with van der Waals surface area (Å²) < 4.78 is 10.2. The molecule has 1 saturated heterocycles. The summed E-state index contributed by atoms with van der Waals surface area (Å²) in [6, 6.07) is 13.7. The molecule has 0 saturated carbocycles. The molecule has 140 valence electrons. The molecule has 1 N–H and O–H groups in total. The molecule has 1 heterocycles. The molecule has 1 aliphatic rings. The van der Waals surface area contributed by atoms with Gasteiger partial charge >= 0.3 is 6.09 Å². The molecule has 2 amide bonds. The first kappa shape index (κ1) is 18.4. The Morgan fingerprint density at radius 2 is 1.93 bits per heavy atom. The zero-order valence-corrected chi connectivity index (χ0v) is 15.1. The predicted molar refractivity (Wildman–Crippen MR) is 101 cm³/mol. The van der Waals surface area contributed by atoms with Gasteiger partial charge in [0.15, 0.2) is 5.75 Å². The lowest BCUT2D eigenvalue weighted by Gasteiger charge is -2.21. The zero-order chi connectivity index (χ0) is 19.4. The van der Waals surface area contributed by atoms with Crippen molar-refractivity contribution >= 4 is 17.7 Å². The van der Waals surface area contributed by atoms with E-state index in [0.29, 0.717) is 12.2 Å². The van der Waals surface area contributed by atoms with Gasteiger partial charge in [-0.1, -0.05) is 24.3 Å². The number of benzene rings is 1. The van der Waals surface area contributed by atoms with Crippen molar-refractivity contribution in [3.05, 3.63) is 58.8 Å². The molecule has 0 aromatic heterocycles. The van der Waals surface area contributed by atoms with E-state index < -0.39 is 6.09 Å². The van der Waals surface area contributed by atoms with Crippen LogP contribution in [0.5, 0.6) is 5.75 Å². The Morgan fingerprint density at radius 3 is 2.59 bits per heavy atom. The molecule has 0 aliphatic carbocycles. The summed E-state index contributed by atoms with van der Waals surface area (Å²) in [6.07, 6.45) is -0.448. The van der Waals surface area contributed by atoms with Crippen molar-refractivity contribution in [2.75, 3.05) is 25.2 Å². The van der Waals surface area contributed by atoms with E-state index in [0.717, 1.165) is 11.1 Å². The van der Waals surface area contributed by atoms with Gasteiger partial charge in [0.25, 0.3) is 0 Å². The largest absolute Gasteiger partial charge is 0.493 e. The van der Waals surface area contributed by atoms with E-state index in [1.165, 1.54) is 25.0 Å². The maximum absolute atomic E-state index is 12.1. The molecule has 0 spiro atoms. The molecule has 7 heteroatoms. The Morgan fingerprint density at radius 1 is 1.19 bits per heavy atom. The van der Waals surface area contributed by atoms with Crippen LogP contribution in [0.3, 0.4) is 0 Å². The lowest BCUT2D eigenvalue weighted by atomic mass is 10.1. The fraction of sp³-hybridized carbons (Fsp3) is 0.250. The number of nitrogens with zero attached hydrogens (tertiary/aromatic N) is 1. The second kappa shape index (κ2) is 7.90. The first-order valence-corrected chi connectivity index (χ1v) is 8.49. The minimum absolute atomic E-state index is 0.162. The number of hydrogen-bond acceptors (Lipinski definition) is 5. The van der Waals surface area contributed by atoms with Crippen LogP contribution in [0.4, 0.5) is 10.5 Å². The molecule has 1 atom stereocenters. The first-order valence-electron chi connectivity index (χ1n) is 8.49. The van der Waals surface area contributed by atoms with Crippen LogP contribution in [-0.4, -0.2) is 38.3 Å². The highest BCUT2D eigenvalue weighted by molar-refractivity contribution is 5.91. The van der Waals surface area contributed by atoms with Crippen LogP contribution < -0.4 is 20.4 Å². The normalized spacial score (nSPS) is 16.0. The number of carbonyl (C=O) groups is 2. The van der Waals surface area contributed by atoms with Gasteiger partial charge in [0.1, 0.15) is 6.61 Å². The highest BCUT2D eigenvalue weighted by Crippen LogP contribution is 2.26. The van der Waals surface area contributed by atoms with Gasteiger partial charge in [0.2, 0.25) is 11.3 Å². The minimum atomic E-state index is -0.448. The monoisotopic (exact) mass is 368 g/mol. The number of anilines is 1. The molecule has 27 heavy (non-hydrogen) atoms. The van der Waals surface area contributed by atoms with Crippen LogP contribution in [0.1, 0.15) is 6.92 Å². The molecular formula is C20H20N2O5. The van der Waals surface area contributed by atoms with Crippen LogP contribution in [0, 0.1) is 0 Å². The van der Waals surface area contributed by atoms with E-state index in [2.05, 4.69) is 5.32 Å². The number of ether oxygens (including phenoxy) is 2. The van der Waals surface area contributed by atoms with Crippen molar-refractivity contribution in [3.63, 3.8) is 0 Å². The van der Waals surface area contributed by atoms with E-state index in [4.69, 9.17) is 9.47 Å². The second-order valence-electron chi connectivity index (χ2n) is 6.14. The molecule has 0 radical (unpaired) electrons. The third kappa shape index (κ3) is 4.08. The highest BCUT2D eigenvalue weighted by Gasteiger charge is 2.34. The van der Waals surface area contributed by atoms with Gasteiger partial charge < -0.3 is 14.8 Å². The van der Waals surface area contributed by atoms with Crippen LogP contribution in [-0.2, 0) is 9.53 Å². The Bertz CT molecular complexity index is 911. The standard InChI is InChI=1S/C20H20N2O5/c1-13(23)21-11-17-12-27-20(25)22(17)16-8-6-14(7-9-16)15-4-3-5-19(26-2)18(24)10-15/h3-10,17H,11-12H2,1-2H3,(H,21,23). The molecule has 7 nitrogen and oxygen atoms in total. The average molecular weight is 368 g/mol. The topological polar surface area (TPSA) is 84.9 Å². The number of amides is 2. The minimum Gasteiger partial charge on any atom is -0.493 e. The van der Waals surface area contributed by atoms with Gasteiger partial charge in [-0.25, -0.2) is 4.79 Å². The van der Waals surface area contributed by atoms with E-state index >= 15 is 0 Å². The van der Waals surface area contributed by atoms with Gasteiger partial charge in [0.05, 0.1) is 13.2 Å². The predicted octanol–water partition coefficient (Wildman–Crippen LogP) is 2.18. The third-order valence-corrected chi connectivity index (χ3v) is 4.30. The average Bonchev–Trinajstić information content (AvgIpc) is 2.91. The summed E-state index contributed by atoms with van der Waals surface area (Å²) in [6.45, 7) is 1.96. The van der Waals surface area contributed by atoms with Crippen LogP contribution in [0.2, 0.25) is 0 Å². The van der Waals surface area contributed by atoms with Crippen molar-refractivity contribution in [2.45, 2.75) is 13.0 Å². The van der Waals surface area contributed by atoms with Crippen molar-refractivity contribution < 1.29 is 19.1 Å². The Kier molecular flexibility index (Phi) is 5.40. The maximum atomic E-state index is 12.1. The van der Waals surface area contributed by atoms with Crippen molar-refractivity contribution in [1.29, 1.82) is 0 Å². The number of cyclic esters (lactones) is 1. The van der Waals surface area contributed by atoms with Gasteiger partial charge in [-0.05, 0) is 35.4 Å². The lowest BCUT2D eigenvalue weighted by Crippen LogP contribution is -2.42. The molecule has 1 unspecified atom stereocenters. The molecule has 1 fully saturated rings. The zero-order valence-electron chi connectivity index (χ0n) is 15.1. The van der Waals surface area contributed by atoms with E-state index in [-0.39, 0.29) is 29.7 Å². The number of nitrogens with one attached hydrogen (secondary N) is 1. The first-order chi connectivity index (χ1) is 13.0. The van der Waals surface area contributed by atoms with Crippen molar-refractivity contribution in [1.82, 2.24) is 5.32 Å². The summed E-state index contributed by atoms with van der Waals surface area (Å²) >= 11 is 0. The van der Waals surface area contributed by atoms with Crippen molar-refractivity contribution in [2.24, 2.45) is 0 Å². The highest BCUT2D eigenvalue weighted by atomic mass is 16.6. The number of hydrogen-bond donors (Lipinski definition) is 1. The molecule has 2 aromatic carbocycles. The second-order valence-corrected chi connectivity index (χ2v) is 6.14. The molecular weight excluding hydrogens is 348 g/mol. The number of rotatable bonds is 5. The summed E-state index contributed by atoms with van der Waals surface area (Å²) in [5.74, 6) is 0.115. The lowest BCUT2D eigenvalue weighted by molar-refractivity contribution is -0.119. The Balaban J connectivity index is 1.86. The SMILES string of the molecule is COc1cccc(-c2ccc(N3C(=O)OCC3CNC(C)=O)cc2)cc1=O. The van der Waals surface area contributed by atoms with Crippen molar-refractivity contribution in [3.8, 4) is 16.9 Å². The van der Waals surface area contributed by atoms with Crippen LogP contribution in [0.15, 0.2) is 53.3 Å². The van der Waals surface area contributed by atoms with E-state index in [1.54, 1.807) is 24.3 Å².